The Morgan fingerprint density at radius 3 is 2.59 bits per heavy atom. The molecule has 5 nitrogen and oxygen atoms in total. The zero-order chi connectivity index (χ0) is 13.3. The fourth-order valence-electron chi connectivity index (χ4n) is 1.11. The summed E-state index contributed by atoms with van der Waals surface area (Å²) in [4.78, 5) is 12.0. The summed E-state index contributed by atoms with van der Waals surface area (Å²) in [5.41, 5.74) is 0. The summed E-state index contributed by atoms with van der Waals surface area (Å²) < 4.78 is 41.1. The van der Waals surface area contributed by atoms with E-state index in [1.54, 1.807) is 0 Å². The number of carbonyl (C=O) groups is 1. The predicted molar refractivity (Wildman–Crippen MR) is 54.5 cm³/mol. The van der Waals surface area contributed by atoms with Gasteiger partial charge < -0.3 is 20.1 Å². The molecule has 1 amide bonds. The first-order valence-electron chi connectivity index (χ1n) is 5.05. The van der Waals surface area contributed by atoms with Gasteiger partial charge in [-0.1, -0.05) is 0 Å². The lowest BCUT2D eigenvalue weighted by Gasteiger charge is -2.23. The van der Waals surface area contributed by atoms with Crippen LogP contribution in [0.15, 0.2) is 0 Å². The number of alkyl halides is 3. The van der Waals surface area contributed by atoms with Crippen molar-refractivity contribution < 1.29 is 27.8 Å². The third kappa shape index (κ3) is 8.90. The minimum absolute atomic E-state index is 0.209. The number of carbonyl (C=O) groups excluding carboxylic acids is 1. The molecule has 0 saturated carbocycles. The second kappa shape index (κ2) is 8.26. The highest BCUT2D eigenvalue weighted by atomic mass is 19.4. The zero-order valence-electron chi connectivity index (χ0n) is 9.59. The molecule has 8 heteroatoms. The van der Waals surface area contributed by atoms with Crippen molar-refractivity contribution in [2.45, 2.75) is 6.18 Å². The van der Waals surface area contributed by atoms with Gasteiger partial charge in [-0.2, -0.15) is 13.2 Å². The number of ether oxygens (including phenoxy) is 1. The molecule has 0 aliphatic carbocycles. The average Bonchev–Trinajstić information content (AvgIpc) is 2.21. The number of hydrogen-bond donors (Lipinski definition) is 2. The van der Waals surface area contributed by atoms with Crippen LogP contribution in [0.5, 0.6) is 0 Å². The quantitative estimate of drug-likeness (QED) is 0.582. The number of amides is 1. The van der Waals surface area contributed by atoms with Gasteiger partial charge in [-0.3, -0.25) is 4.79 Å². The van der Waals surface area contributed by atoms with Crippen molar-refractivity contribution in [3.63, 3.8) is 0 Å². The number of nitrogens with zero attached hydrogens (tertiary/aromatic N) is 1. The molecule has 0 bridgehead atoms. The van der Waals surface area contributed by atoms with Gasteiger partial charge in [0.25, 0.3) is 0 Å². The lowest BCUT2D eigenvalue weighted by Crippen LogP contribution is -2.45. The standard InChI is InChI=1S/C9H17F3N2O3/c1-17-5-2-13-6-8(16)14(3-4-15)7-9(10,11)12/h13,15H,2-7H2,1H3. The van der Waals surface area contributed by atoms with Gasteiger partial charge in [-0.25, -0.2) is 0 Å². The molecule has 0 fully saturated rings. The minimum atomic E-state index is -4.46. The molecule has 0 spiro atoms. The highest BCUT2D eigenvalue weighted by Gasteiger charge is 2.32. The first-order chi connectivity index (χ1) is 7.90. The molecule has 2 N–H and O–H groups in total. The summed E-state index contributed by atoms with van der Waals surface area (Å²) in [7, 11) is 1.48. The van der Waals surface area contributed by atoms with E-state index < -0.39 is 25.2 Å². The summed E-state index contributed by atoms with van der Waals surface area (Å²) in [5.74, 6) is -0.701. The van der Waals surface area contributed by atoms with Crippen LogP contribution in [0.4, 0.5) is 13.2 Å². The van der Waals surface area contributed by atoms with E-state index in [4.69, 9.17) is 9.84 Å². The van der Waals surface area contributed by atoms with Gasteiger partial charge >= 0.3 is 6.18 Å². The molecule has 0 aliphatic rings. The van der Waals surface area contributed by atoms with Crippen LogP contribution in [0.3, 0.4) is 0 Å². The molecular formula is C9H17F3N2O3. The van der Waals surface area contributed by atoms with Crippen molar-refractivity contribution in [3.8, 4) is 0 Å². The van der Waals surface area contributed by atoms with Crippen molar-refractivity contribution in [2.75, 3.05) is 46.5 Å². The highest BCUT2D eigenvalue weighted by Crippen LogP contribution is 2.16. The molecule has 102 valence electrons. The summed E-state index contributed by atoms with van der Waals surface area (Å²) in [6.07, 6.45) is -4.46. The number of aliphatic hydroxyl groups is 1. The van der Waals surface area contributed by atoms with Crippen LogP contribution in [0.25, 0.3) is 0 Å². The Balaban J connectivity index is 4.06. The Morgan fingerprint density at radius 2 is 2.12 bits per heavy atom. The summed E-state index contributed by atoms with van der Waals surface area (Å²) in [5, 5.41) is 11.2. The number of rotatable bonds is 8. The maximum atomic E-state index is 12.1. The number of aliphatic hydroxyl groups excluding tert-OH is 1. The van der Waals surface area contributed by atoms with E-state index in [1.807, 2.05) is 0 Å². The van der Waals surface area contributed by atoms with Crippen LogP contribution < -0.4 is 5.32 Å². The first-order valence-corrected chi connectivity index (χ1v) is 5.05. The van der Waals surface area contributed by atoms with Gasteiger partial charge in [0, 0.05) is 20.2 Å². The van der Waals surface area contributed by atoms with Crippen molar-refractivity contribution in [3.05, 3.63) is 0 Å². The summed E-state index contributed by atoms with van der Waals surface area (Å²) >= 11 is 0. The van der Waals surface area contributed by atoms with Crippen LogP contribution in [-0.4, -0.2) is 68.6 Å². The highest BCUT2D eigenvalue weighted by molar-refractivity contribution is 5.78. The number of hydrogen-bond acceptors (Lipinski definition) is 4. The Labute approximate surface area is 97.5 Å². The molecule has 0 rings (SSSR count). The largest absolute Gasteiger partial charge is 0.406 e. The molecule has 0 heterocycles. The number of nitrogens with one attached hydrogen (secondary N) is 1. The van der Waals surface area contributed by atoms with Crippen molar-refractivity contribution >= 4 is 5.91 Å². The lowest BCUT2D eigenvalue weighted by atomic mass is 10.4. The van der Waals surface area contributed by atoms with Crippen molar-refractivity contribution in [2.24, 2.45) is 0 Å². The number of methoxy groups -OCH3 is 1. The van der Waals surface area contributed by atoms with Gasteiger partial charge in [0.2, 0.25) is 5.91 Å². The molecule has 0 saturated heterocycles. The van der Waals surface area contributed by atoms with Crippen molar-refractivity contribution in [1.82, 2.24) is 10.2 Å². The Morgan fingerprint density at radius 1 is 1.47 bits per heavy atom. The van der Waals surface area contributed by atoms with Gasteiger partial charge in [-0.15, -0.1) is 0 Å². The van der Waals surface area contributed by atoms with E-state index in [-0.39, 0.29) is 13.1 Å². The predicted octanol–water partition coefficient (Wildman–Crippen LogP) is -0.394. The van der Waals surface area contributed by atoms with Crippen molar-refractivity contribution in [1.29, 1.82) is 0 Å². The second-order valence-corrected chi connectivity index (χ2v) is 3.32. The fraction of sp³-hybridized carbons (Fsp3) is 0.889. The van der Waals surface area contributed by atoms with Gasteiger partial charge in [0.1, 0.15) is 6.54 Å². The molecule has 0 radical (unpaired) electrons. The van der Waals surface area contributed by atoms with E-state index in [0.717, 1.165) is 0 Å². The molecule has 0 aromatic heterocycles. The van der Waals surface area contributed by atoms with E-state index in [1.165, 1.54) is 7.11 Å². The third-order valence-electron chi connectivity index (χ3n) is 1.85. The molecule has 0 atom stereocenters. The topological polar surface area (TPSA) is 61.8 Å². The van der Waals surface area contributed by atoms with E-state index in [9.17, 15) is 18.0 Å². The van der Waals surface area contributed by atoms with Crippen LogP contribution in [-0.2, 0) is 9.53 Å². The normalized spacial score (nSPS) is 11.6. The Bertz CT molecular complexity index is 224. The third-order valence-corrected chi connectivity index (χ3v) is 1.85. The Hall–Kier alpha value is -0.860. The molecule has 0 aliphatic heterocycles. The fourth-order valence-corrected chi connectivity index (χ4v) is 1.11. The maximum Gasteiger partial charge on any atom is 0.406 e. The summed E-state index contributed by atoms with van der Waals surface area (Å²) in [6, 6.07) is 0. The van der Waals surface area contributed by atoms with Crippen LogP contribution in [0, 0.1) is 0 Å². The zero-order valence-corrected chi connectivity index (χ0v) is 9.59. The average molecular weight is 258 g/mol. The lowest BCUT2D eigenvalue weighted by molar-refractivity contribution is -0.161. The molecular weight excluding hydrogens is 241 g/mol. The monoisotopic (exact) mass is 258 g/mol. The minimum Gasteiger partial charge on any atom is -0.395 e. The van der Waals surface area contributed by atoms with Gasteiger partial charge in [-0.05, 0) is 0 Å². The van der Waals surface area contributed by atoms with Crippen LogP contribution >= 0.6 is 0 Å². The summed E-state index contributed by atoms with van der Waals surface area (Å²) in [6.45, 7) is -1.64. The van der Waals surface area contributed by atoms with Gasteiger partial charge in [0.05, 0.1) is 19.8 Å². The van der Waals surface area contributed by atoms with Crippen LogP contribution in [0.2, 0.25) is 0 Å². The van der Waals surface area contributed by atoms with E-state index in [0.29, 0.717) is 18.1 Å². The molecule has 17 heavy (non-hydrogen) atoms. The molecule has 0 aromatic rings. The molecule has 0 aromatic carbocycles. The number of halogens is 3. The first kappa shape index (κ1) is 16.1. The van der Waals surface area contributed by atoms with E-state index in [2.05, 4.69) is 5.32 Å². The van der Waals surface area contributed by atoms with Crippen LogP contribution in [0.1, 0.15) is 0 Å². The molecule has 0 unspecified atom stereocenters. The van der Waals surface area contributed by atoms with E-state index >= 15 is 0 Å². The Kier molecular flexibility index (Phi) is 7.85. The maximum absolute atomic E-state index is 12.1. The SMILES string of the molecule is COCCNCC(=O)N(CCO)CC(F)(F)F. The second-order valence-electron chi connectivity index (χ2n) is 3.32. The smallest absolute Gasteiger partial charge is 0.395 e. The van der Waals surface area contributed by atoms with Gasteiger partial charge in [0.15, 0.2) is 0 Å².